The van der Waals surface area contributed by atoms with Crippen LogP contribution >= 0.6 is 0 Å². The van der Waals surface area contributed by atoms with E-state index in [-0.39, 0.29) is 11.6 Å². The molecule has 6 heteroatoms. The molecule has 25 heavy (non-hydrogen) atoms. The Hall–Kier alpha value is -3.67. The van der Waals surface area contributed by atoms with Crippen molar-refractivity contribution in [1.29, 1.82) is 0 Å². The molecular weight excluding hydrogens is 316 g/mol. The second kappa shape index (κ2) is 5.76. The first-order valence-corrected chi connectivity index (χ1v) is 7.68. The van der Waals surface area contributed by atoms with Gasteiger partial charge in [0.05, 0.1) is 0 Å². The maximum Gasteiger partial charge on any atom is 0.356 e. The number of fused-ring (bicyclic) bond motifs is 1. The van der Waals surface area contributed by atoms with E-state index in [1.165, 1.54) is 4.52 Å². The smallest absolute Gasteiger partial charge is 0.356 e. The Morgan fingerprint density at radius 2 is 1.56 bits per heavy atom. The quantitative estimate of drug-likeness (QED) is 0.601. The van der Waals surface area contributed by atoms with E-state index >= 15 is 0 Å². The van der Waals surface area contributed by atoms with E-state index in [2.05, 4.69) is 10.1 Å². The summed E-state index contributed by atoms with van der Waals surface area (Å²) in [5.41, 5.74) is 9.76. The number of aromatic carboxylic acids is 1. The minimum Gasteiger partial charge on any atom is -0.476 e. The number of hydrogen-bond acceptors (Lipinski definition) is 4. The average molecular weight is 330 g/mol. The minimum absolute atomic E-state index is 0.0879. The number of carboxylic acid groups (broad SMARTS) is 1. The summed E-state index contributed by atoms with van der Waals surface area (Å²) >= 11 is 0. The van der Waals surface area contributed by atoms with Gasteiger partial charge in [-0.2, -0.15) is 9.61 Å². The predicted octanol–water partition coefficient (Wildman–Crippen LogP) is 3.34. The molecule has 4 rings (SSSR count). The molecule has 2 heterocycles. The summed E-state index contributed by atoms with van der Waals surface area (Å²) in [5.74, 6) is -0.970. The van der Waals surface area contributed by atoms with Crippen LogP contribution in [0.15, 0.2) is 66.7 Å². The third-order valence-corrected chi connectivity index (χ3v) is 3.97. The van der Waals surface area contributed by atoms with Gasteiger partial charge in [-0.15, -0.1) is 0 Å². The molecule has 0 unspecified atom stereocenters. The van der Waals surface area contributed by atoms with Crippen LogP contribution < -0.4 is 5.73 Å². The van der Waals surface area contributed by atoms with Gasteiger partial charge in [-0.3, -0.25) is 0 Å². The van der Waals surface area contributed by atoms with Crippen molar-refractivity contribution in [2.24, 2.45) is 0 Å². The van der Waals surface area contributed by atoms with Gasteiger partial charge in [0, 0.05) is 11.1 Å². The van der Waals surface area contributed by atoms with Crippen LogP contribution in [0.4, 0.5) is 5.95 Å². The highest BCUT2D eigenvalue weighted by molar-refractivity contribution is 5.95. The number of nitrogens with zero attached hydrogens (tertiary/aromatic N) is 3. The molecule has 122 valence electrons. The van der Waals surface area contributed by atoms with Gasteiger partial charge in [0.15, 0.2) is 5.69 Å². The molecule has 0 atom stereocenters. The number of rotatable bonds is 3. The SMILES string of the molecule is Nc1nc(-c2ccccc2)c2c(-c3ccccc3)cc(C(=O)O)nn12. The molecule has 0 aliphatic carbocycles. The Morgan fingerprint density at radius 1 is 0.960 bits per heavy atom. The molecule has 0 bridgehead atoms. The highest BCUT2D eigenvalue weighted by Gasteiger charge is 2.20. The summed E-state index contributed by atoms with van der Waals surface area (Å²) in [6.07, 6.45) is 0. The van der Waals surface area contributed by atoms with E-state index in [0.29, 0.717) is 11.2 Å². The van der Waals surface area contributed by atoms with Gasteiger partial charge in [-0.25, -0.2) is 9.78 Å². The topological polar surface area (TPSA) is 93.5 Å². The normalized spacial score (nSPS) is 10.9. The van der Waals surface area contributed by atoms with Crippen LogP contribution in [0.1, 0.15) is 10.5 Å². The van der Waals surface area contributed by atoms with Crippen LogP contribution in [0.5, 0.6) is 0 Å². The molecule has 0 spiro atoms. The van der Waals surface area contributed by atoms with Crippen LogP contribution in [-0.4, -0.2) is 25.7 Å². The van der Waals surface area contributed by atoms with E-state index in [4.69, 9.17) is 5.73 Å². The lowest BCUT2D eigenvalue weighted by Gasteiger charge is -2.08. The molecule has 0 saturated heterocycles. The lowest BCUT2D eigenvalue weighted by molar-refractivity contribution is 0.0689. The van der Waals surface area contributed by atoms with Crippen LogP contribution in [0.25, 0.3) is 27.9 Å². The number of imidazole rings is 1. The molecule has 3 N–H and O–H groups in total. The fraction of sp³-hybridized carbons (Fsp3) is 0. The second-order valence-corrected chi connectivity index (χ2v) is 5.56. The number of nitrogen functional groups attached to an aromatic ring is 1. The fourth-order valence-corrected chi connectivity index (χ4v) is 2.85. The predicted molar refractivity (Wildman–Crippen MR) is 95.2 cm³/mol. The van der Waals surface area contributed by atoms with Crippen molar-refractivity contribution < 1.29 is 9.90 Å². The Bertz CT molecular complexity index is 1070. The van der Waals surface area contributed by atoms with Crippen molar-refractivity contribution in [2.75, 3.05) is 5.73 Å². The number of carbonyl (C=O) groups is 1. The zero-order valence-electron chi connectivity index (χ0n) is 13.1. The summed E-state index contributed by atoms with van der Waals surface area (Å²) in [6, 6.07) is 20.7. The third kappa shape index (κ3) is 2.49. The van der Waals surface area contributed by atoms with Crippen molar-refractivity contribution in [3.8, 4) is 22.4 Å². The second-order valence-electron chi connectivity index (χ2n) is 5.56. The first kappa shape index (κ1) is 14.9. The van der Waals surface area contributed by atoms with Crippen LogP contribution in [0.3, 0.4) is 0 Å². The molecule has 0 aliphatic heterocycles. The van der Waals surface area contributed by atoms with Gasteiger partial charge in [0.1, 0.15) is 11.2 Å². The maximum absolute atomic E-state index is 11.5. The largest absolute Gasteiger partial charge is 0.476 e. The van der Waals surface area contributed by atoms with Crippen LogP contribution in [0.2, 0.25) is 0 Å². The summed E-state index contributed by atoms with van der Waals surface area (Å²) in [4.78, 5) is 15.9. The number of aromatic nitrogens is 3. The highest BCUT2D eigenvalue weighted by Crippen LogP contribution is 2.33. The van der Waals surface area contributed by atoms with Gasteiger partial charge >= 0.3 is 5.97 Å². The fourth-order valence-electron chi connectivity index (χ4n) is 2.85. The monoisotopic (exact) mass is 330 g/mol. The number of anilines is 1. The third-order valence-electron chi connectivity index (χ3n) is 3.97. The molecule has 2 aromatic heterocycles. The zero-order valence-corrected chi connectivity index (χ0v) is 13.1. The van der Waals surface area contributed by atoms with Crippen molar-refractivity contribution in [2.45, 2.75) is 0 Å². The first-order valence-electron chi connectivity index (χ1n) is 7.68. The summed E-state index contributed by atoms with van der Waals surface area (Å²) in [5, 5.41) is 13.5. The van der Waals surface area contributed by atoms with E-state index in [1.54, 1.807) is 6.07 Å². The molecular formula is C19H14N4O2. The standard InChI is InChI=1S/C19H14N4O2/c20-19-21-16(13-9-5-2-6-10-13)17-14(12-7-3-1-4-8-12)11-15(18(24)25)22-23(17)19/h1-11H,(H2,20,21)(H,24,25). The van der Waals surface area contributed by atoms with Gasteiger partial charge in [0.25, 0.3) is 0 Å². The van der Waals surface area contributed by atoms with E-state index < -0.39 is 5.97 Å². The maximum atomic E-state index is 11.5. The summed E-state index contributed by atoms with van der Waals surface area (Å²) < 4.78 is 1.40. The van der Waals surface area contributed by atoms with Crippen molar-refractivity contribution >= 4 is 17.4 Å². The van der Waals surface area contributed by atoms with Crippen molar-refractivity contribution in [3.05, 3.63) is 72.4 Å². The number of carboxylic acids is 1. The van der Waals surface area contributed by atoms with Crippen LogP contribution in [0, 0.1) is 0 Å². The Balaban J connectivity index is 2.12. The molecule has 4 aromatic rings. The Labute approximate surface area is 143 Å². The molecule has 6 nitrogen and oxygen atoms in total. The molecule has 0 radical (unpaired) electrons. The summed E-state index contributed by atoms with van der Waals surface area (Å²) in [6.45, 7) is 0. The van der Waals surface area contributed by atoms with Gasteiger partial charge in [0.2, 0.25) is 5.95 Å². The number of benzene rings is 2. The zero-order chi connectivity index (χ0) is 17.4. The lowest BCUT2D eigenvalue weighted by Crippen LogP contribution is -2.08. The molecule has 0 fully saturated rings. The molecule has 2 aromatic carbocycles. The van der Waals surface area contributed by atoms with Gasteiger partial charge in [-0.05, 0) is 11.6 Å². The van der Waals surface area contributed by atoms with Crippen molar-refractivity contribution in [3.63, 3.8) is 0 Å². The highest BCUT2D eigenvalue weighted by atomic mass is 16.4. The summed E-state index contributed by atoms with van der Waals surface area (Å²) in [7, 11) is 0. The van der Waals surface area contributed by atoms with Gasteiger partial charge < -0.3 is 10.8 Å². The lowest BCUT2D eigenvalue weighted by atomic mass is 10.0. The Morgan fingerprint density at radius 3 is 2.16 bits per heavy atom. The Kier molecular flexibility index (Phi) is 3.43. The van der Waals surface area contributed by atoms with E-state index in [1.807, 2.05) is 60.7 Å². The molecule has 0 aliphatic rings. The van der Waals surface area contributed by atoms with Crippen molar-refractivity contribution in [1.82, 2.24) is 14.6 Å². The first-order chi connectivity index (χ1) is 12.1. The average Bonchev–Trinajstić information content (AvgIpc) is 2.99. The molecule has 0 saturated carbocycles. The molecule has 0 amide bonds. The number of hydrogen-bond donors (Lipinski definition) is 2. The van der Waals surface area contributed by atoms with E-state index in [0.717, 1.165) is 16.7 Å². The van der Waals surface area contributed by atoms with Crippen LogP contribution in [-0.2, 0) is 0 Å². The minimum atomic E-state index is -1.12. The van der Waals surface area contributed by atoms with Gasteiger partial charge in [-0.1, -0.05) is 60.7 Å². The van der Waals surface area contributed by atoms with E-state index in [9.17, 15) is 9.90 Å². The number of nitrogens with two attached hydrogens (primary N) is 1.